The first-order valence-electron chi connectivity index (χ1n) is 8.87. The minimum Gasteiger partial charge on any atom is -0.423 e. The van der Waals surface area contributed by atoms with Crippen LogP contribution in [0.15, 0.2) is 78.9 Å². The zero-order valence-corrected chi connectivity index (χ0v) is 15.8. The number of benzene rings is 3. The number of nitro benzene ring substituents is 2. The van der Waals surface area contributed by atoms with Crippen LogP contribution in [0.5, 0.6) is 5.75 Å². The van der Waals surface area contributed by atoms with E-state index in [2.05, 4.69) is 0 Å². The third kappa shape index (κ3) is 5.45. The number of esters is 1. The predicted octanol–water partition coefficient (Wildman–Crippen LogP) is 4.62. The second-order valence-corrected chi connectivity index (χ2v) is 6.27. The summed E-state index contributed by atoms with van der Waals surface area (Å²) in [5.41, 5.74) is 0.769. The smallest absolute Gasteiger partial charge is 0.343 e. The van der Waals surface area contributed by atoms with Crippen molar-refractivity contribution < 1.29 is 24.2 Å². The van der Waals surface area contributed by atoms with E-state index in [-0.39, 0.29) is 28.5 Å². The molecule has 0 aliphatic carbocycles. The fourth-order valence-electron chi connectivity index (χ4n) is 2.58. The van der Waals surface area contributed by atoms with Gasteiger partial charge in [0.25, 0.3) is 11.4 Å². The molecule has 0 N–H and O–H groups in total. The maximum absolute atomic E-state index is 12.3. The minimum atomic E-state index is -0.695. The van der Waals surface area contributed by atoms with E-state index < -0.39 is 15.8 Å². The molecule has 0 atom stereocenters. The van der Waals surface area contributed by atoms with E-state index in [4.69, 9.17) is 4.74 Å². The van der Waals surface area contributed by atoms with Crippen molar-refractivity contribution in [2.75, 3.05) is 0 Å². The maximum Gasteiger partial charge on any atom is 0.343 e. The highest BCUT2D eigenvalue weighted by Crippen LogP contribution is 2.18. The van der Waals surface area contributed by atoms with Crippen LogP contribution < -0.4 is 4.74 Å². The number of ketones is 1. The van der Waals surface area contributed by atoms with E-state index in [1.54, 1.807) is 6.07 Å². The van der Waals surface area contributed by atoms with E-state index >= 15 is 0 Å². The lowest BCUT2D eigenvalue weighted by Crippen LogP contribution is -2.08. The standard InChI is InChI=1S/C22H14N2O7/c25-21(13-4-15-2-1-3-19(14-15)24(29)30)16-7-11-20(12-8-16)31-22(26)17-5-9-18(10-6-17)23(27)28/h1-14H. The van der Waals surface area contributed by atoms with Crippen LogP contribution in [0, 0.1) is 20.2 Å². The maximum atomic E-state index is 12.3. The van der Waals surface area contributed by atoms with Gasteiger partial charge < -0.3 is 4.74 Å². The van der Waals surface area contributed by atoms with Gasteiger partial charge in [-0.2, -0.15) is 0 Å². The average Bonchev–Trinajstić information content (AvgIpc) is 2.78. The van der Waals surface area contributed by atoms with Crippen molar-refractivity contribution in [3.8, 4) is 5.75 Å². The number of carbonyl (C=O) groups excluding carboxylic acids is 2. The fourth-order valence-corrected chi connectivity index (χ4v) is 2.58. The lowest BCUT2D eigenvalue weighted by molar-refractivity contribution is -0.385. The molecule has 9 heteroatoms. The van der Waals surface area contributed by atoms with Crippen LogP contribution >= 0.6 is 0 Å². The molecule has 0 saturated heterocycles. The van der Waals surface area contributed by atoms with Gasteiger partial charge >= 0.3 is 5.97 Å². The average molecular weight is 418 g/mol. The third-order valence-electron chi connectivity index (χ3n) is 4.17. The summed E-state index contributed by atoms with van der Waals surface area (Å²) in [5, 5.41) is 21.5. The van der Waals surface area contributed by atoms with E-state index in [1.165, 1.54) is 78.9 Å². The van der Waals surface area contributed by atoms with E-state index in [0.29, 0.717) is 11.1 Å². The highest BCUT2D eigenvalue weighted by molar-refractivity contribution is 6.06. The van der Waals surface area contributed by atoms with Crippen molar-refractivity contribution in [2.24, 2.45) is 0 Å². The van der Waals surface area contributed by atoms with Crippen LogP contribution in [0.1, 0.15) is 26.3 Å². The topological polar surface area (TPSA) is 130 Å². The van der Waals surface area contributed by atoms with E-state index in [1.807, 2.05) is 0 Å². The molecule has 0 aromatic heterocycles. The van der Waals surface area contributed by atoms with Gasteiger partial charge in [0.1, 0.15) is 5.75 Å². The monoisotopic (exact) mass is 418 g/mol. The van der Waals surface area contributed by atoms with Crippen molar-refractivity contribution in [3.63, 3.8) is 0 Å². The SMILES string of the molecule is O=C(C=Cc1cccc([N+](=O)[O-])c1)c1ccc(OC(=O)c2ccc([N+](=O)[O-])cc2)cc1. The summed E-state index contributed by atoms with van der Waals surface area (Å²) in [7, 11) is 0. The molecule has 0 amide bonds. The summed E-state index contributed by atoms with van der Waals surface area (Å²) in [4.78, 5) is 44.8. The number of ether oxygens (including phenoxy) is 1. The van der Waals surface area contributed by atoms with E-state index in [0.717, 1.165) is 0 Å². The van der Waals surface area contributed by atoms with Gasteiger partial charge in [0.05, 0.1) is 15.4 Å². The summed E-state index contributed by atoms with van der Waals surface area (Å²) in [6, 6.07) is 16.7. The molecule has 31 heavy (non-hydrogen) atoms. The van der Waals surface area contributed by atoms with Gasteiger partial charge in [-0.3, -0.25) is 25.0 Å². The third-order valence-corrected chi connectivity index (χ3v) is 4.17. The van der Waals surface area contributed by atoms with Gasteiger partial charge in [0.15, 0.2) is 5.78 Å². The molecule has 154 valence electrons. The Kier molecular flexibility index (Phi) is 6.27. The van der Waals surface area contributed by atoms with Crippen LogP contribution in [0.3, 0.4) is 0 Å². The van der Waals surface area contributed by atoms with Crippen molar-refractivity contribution in [1.29, 1.82) is 0 Å². The van der Waals surface area contributed by atoms with Crippen molar-refractivity contribution in [3.05, 3.63) is 116 Å². The number of nitrogens with zero attached hydrogens (tertiary/aromatic N) is 2. The number of carbonyl (C=O) groups is 2. The molecule has 3 rings (SSSR count). The Morgan fingerprint density at radius 3 is 2.00 bits per heavy atom. The molecule has 3 aromatic rings. The van der Waals surface area contributed by atoms with Gasteiger partial charge in [0.2, 0.25) is 0 Å². The zero-order chi connectivity index (χ0) is 22.4. The van der Waals surface area contributed by atoms with Crippen molar-refractivity contribution in [2.45, 2.75) is 0 Å². The Morgan fingerprint density at radius 2 is 1.39 bits per heavy atom. The molecule has 0 aliphatic heterocycles. The largest absolute Gasteiger partial charge is 0.423 e. The molecule has 0 saturated carbocycles. The van der Waals surface area contributed by atoms with E-state index in [9.17, 15) is 29.8 Å². The van der Waals surface area contributed by atoms with Crippen molar-refractivity contribution >= 4 is 29.2 Å². The summed E-state index contributed by atoms with van der Waals surface area (Å²) >= 11 is 0. The van der Waals surface area contributed by atoms with Crippen LogP contribution in [0.4, 0.5) is 11.4 Å². The second-order valence-electron chi connectivity index (χ2n) is 6.27. The first-order valence-corrected chi connectivity index (χ1v) is 8.87. The zero-order valence-electron chi connectivity index (χ0n) is 15.8. The van der Waals surface area contributed by atoms with Crippen LogP contribution in [0.2, 0.25) is 0 Å². The molecule has 0 aliphatic rings. The molecule has 9 nitrogen and oxygen atoms in total. The fraction of sp³-hybridized carbons (Fsp3) is 0. The number of non-ortho nitro benzene ring substituents is 2. The molecule has 0 unspecified atom stereocenters. The van der Waals surface area contributed by atoms with Crippen LogP contribution in [-0.4, -0.2) is 21.6 Å². The number of nitro groups is 2. The van der Waals surface area contributed by atoms with Gasteiger partial charge in [-0.25, -0.2) is 4.79 Å². The summed E-state index contributed by atoms with van der Waals surface area (Å²) < 4.78 is 5.20. The van der Waals surface area contributed by atoms with Gasteiger partial charge in [-0.15, -0.1) is 0 Å². The molecular formula is C22H14N2O7. The first kappa shape index (κ1) is 21.1. The Morgan fingerprint density at radius 1 is 0.774 bits per heavy atom. The normalized spacial score (nSPS) is 10.6. The second kappa shape index (κ2) is 9.23. The highest BCUT2D eigenvalue weighted by Gasteiger charge is 2.12. The summed E-state index contributed by atoms with van der Waals surface area (Å²) in [6.45, 7) is 0. The number of rotatable bonds is 7. The summed E-state index contributed by atoms with van der Waals surface area (Å²) in [6.07, 6.45) is 2.76. The lowest BCUT2D eigenvalue weighted by Gasteiger charge is -2.05. The quantitative estimate of drug-likeness (QED) is 0.137. The molecule has 0 radical (unpaired) electrons. The molecule has 0 fully saturated rings. The molecular weight excluding hydrogens is 404 g/mol. The minimum absolute atomic E-state index is 0.0752. The first-order chi connectivity index (χ1) is 14.8. The number of hydrogen-bond donors (Lipinski definition) is 0. The Balaban J connectivity index is 1.64. The Hall–Kier alpha value is -4.66. The van der Waals surface area contributed by atoms with Crippen molar-refractivity contribution in [1.82, 2.24) is 0 Å². The molecule has 0 heterocycles. The Bertz CT molecular complexity index is 1180. The number of allylic oxidation sites excluding steroid dienone is 1. The molecule has 0 bridgehead atoms. The molecule has 3 aromatic carbocycles. The number of hydrogen-bond acceptors (Lipinski definition) is 7. The lowest BCUT2D eigenvalue weighted by atomic mass is 10.1. The molecule has 0 spiro atoms. The van der Waals surface area contributed by atoms with Gasteiger partial charge in [-0.05, 0) is 48.0 Å². The van der Waals surface area contributed by atoms with Crippen LogP contribution in [0.25, 0.3) is 6.08 Å². The van der Waals surface area contributed by atoms with Gasteiger partial charge in [0, 0.05) is 29.8 Å². The predicted molar refractivity (Wildman–Crippen MR) is 111 cm³/mol. The highest BCUT2D eigenvalue weighted by atomic mass is 16.6. The van der Waals surface area contributed by atoms with Gasteiger partial charge in [-0.1, -0.05) is 18.2 Å². The summed E-state index contributed by atoms with van der Waals surface area (Å²) in [5.74, 6) is -0.832. The Labute approximate surface area is 175 Å². The van der Waals surface area contributed by atoms with Crippen LogP contribution in [-0.2, 0) is 0 Å².